The van der Waals surface area contributed by atoms with Crippen molar-refractivity contribution in [2.24, 2.45) is 0 Å². The van der Waals surface area contributed by atoms with E-state index < -0.39 is 0 Å². The van der Waals surface area contributed by atoms with E-state index in [2.05, 4.69) is 471 Å². The molecule has 0 saturated heterocycles. The third kappa shape index (κ3) is 14.4. The molecule has 19 aromatic rings. The molecule has 19 rings (SSSR count). The Hall–Kier alpha value is -14.4. The zero-order valence-electron chi connectivity index (χ0n) is 60.8. The average molecular weight is 1400 g/mol. The third-order valence-corrected chi connectivity index (χ3v) is 21.2. The summed E-state index contributed by atoms with van der Waals surface area (Å²) in [6.45, 7) is 0. The lowest BCUT2D eigenvalue weighted by atomic mass is 9.92. The van der Waals surface area contributed by atoms with Gasteiger partial charge in [0, 0.05) is 34.1 Å². The van der Waals surface area contributed by atoms with E-state index in [1.54, 1.807) is 0 Å². The van der Waals surface area contributed by atoms with Gasteiger partial charge in [0.2, 0.25) is 0 Å². The van der Waals surface area contributed by atoms with Gasteiger partial charge in [0.05, 0.1) is 0 Å². The second-order valence-electron chi connectivity index (χ2n) is 28.0. The summed E-state index contributed by atoms with van der Waals surface area (Å²) in [6, 6.07) is 167. The summed E-state index contributed by atoms with van der Waals surface area (Å²) in [5, 5.41) is 7.50. The van der Waals surface area contributed by atoms with Crippen LogP contribution in [0.5, 0.6) is 0 Å². The van der Waals surface area contributed by atoms with Crippen LogP contribution in [0, 0.1) is 0 Å². The van der Waals surface area contributed by atoms with E-state index in [0.29, 0.717) is 0 Å². The Labute approximate surface area is 644 Å². The minimum absolute atomic E-state index is 1.09. The Morgan fingerprint density at radius 1 is 0.100 bits per heavy atom. The summed E-state index contributed by atoms with van der Waals surface area (Å²) in [7, 11) is 0. The summed E-state index contributed by atoms with van der Waals surface area (Å²) >= 11 is 0. The van der Waals surface area contributed by atoms with Crippen molar-refractivity contribution in [2.45, 2.75) is 0 Å². The second kappa shape index (κ2) is 30.9. The minimum Gasteiger partial charge on any atom is -0.310 e. The van der Waals surface area contributed by atoms with Crippen molar-refractivity contribution >= 4 is 66.4 Å². The van der Waals surface area contributed by atoms with Crippen LogP contribution in [0.25, 0.3) is 144 Å². The molecule has 0 spiro atoms. The Balaban J connectivity index is 0.000000155. The van der Waals surface area contributed by atoms with Crippen molar-refractivity contribution in [2.75, 3.05) is 9.80 Å². The van der Waals surface area contributed by atoms with Crippen molar-refractivity contribution in [3.05, 3.63) is 461 Å². The van der Waals surface area contributed by atoms with E-state index in [1.807, 2.05) is 0 Å². The lowest BCUT2D eigenvalue weighted by Gasteiger charge is -2.27. The lowest BCUT2D eigenvalue weighted by Crippen LogP contribution is -2.10. The molecule has 2 nitrogen and oxygen atoms in total. The topological polar surface area (TPSA) is 6.48 Å². The van der Waals surface area contributed by atoms with E-state index in [1.165, 1.54) is 144 Å². The third-order valence-electron chi connectivity index (χ3n) is 21.2. The van der Waals surface area contributed by atoms with Crippen LogP contribution in [0.15, 0.2) is 461 Å². The van der Waals surface area contributed by atoms with Gasteiger partial charge in [-0.2, -0.15) is 0 Å². The van der Waals surface area contributed by atoms with Gasteiger partial charge in [0.25, 0.3) is 0 Å². The maximum absolute atomic E-state index is 2.38. The van der Waals surface area contributed by atoms with Gasteiger partial charge in [-0.1, -0.05) is 370 Å². The first-order valence-corrected chi connectivity index (χ1v) is 37.7. The number of nitrogens with zero attached hydrogens (tertiary/aromatic N) is 2. The molecule has 0 atom stereocenters. The standard InChI is InChI=1S/C56H39N.C52H37N/c1-3-11-40(12-4-1)43-27-31-52(32-28-43)57(53-33-29-45(30-34-53)51-26-22-42-14-8-10-18-49(42)38-51)54-35-36-55(46-15-5-2-6-16-46)56(39-54)47-23-19-44(20-24-47)50-25-21-41-13-7-9-17-48(41)37-50;1-4-12-38(13-5-1)41-20-23-45(24-21-41)52-37-50(34-35-51(52)44-17-8-3-9-18-44)53(48-30-26-42(27-31-48)39-14-6-2-7-15-39)49-32-28-43(29-33-49)47-25-22-40-16-10-11-19-46(40)36-47/h1-39H;1-37H. The molecule has 0 saturated carbocycles. The maximum atomic E-state index is 2.38. The number of anilines is 6. The Morgan fingerprint density at radius 3 is 0.555 bits per heavy atom. The van der Waals surface area contributed by atoms with E-state index in [0.717, 1.165) is 34.1 Å². The van der Waals surface area contributed by atoms with Crippen LogP contribution in [0.3, 0.4) is 0 Å². The highest BCUT2D eigenvalue weighted by Crippen LogP contribution is 2.45. The first kappa shape index (κ1) is 67.4. The van der Waals surface area contributed by atoms with Gasteiger partial charge in [0.15, 0.2) is 0 Å². The molecule has 110 heavy (non-hydrogen) atoms. The van der Waals surface area contributed by atoms with Crippen LogP contribution in [-0.4, -0.2) is 0 Å². The molecule has 0 heterocycles. The highest BCUT2D eigenvalue weighted by molar-refractivity contribution is 5.95. The first-order chi connectivity index (χ1) is 54.5. The average Bonchev–Trinajstić information content (AvgIpc) is 0.792. The fourth-order valence-corrected chi connectivity index (χ4v) is 15.3. The van der Waals surface area contributed by atoms with Gasteiger partial charge in [-0.15, -0.1) is 0 Å². The predicted octanol–water partition coefficient (Wildman–Crippen LogP) is 30.4. The Bertz CT molecular complexity index is 6360. The molecule has 0 aliphatic heterocycles. The molecule has 0 bridgehead atoms. The van der Waals surface area contributed by atoms with Gasteiger partial charge in [-0.3, -0.25) is 0 Å². The van der Waals surface area contributed by atoms with Crippen LogP contribution < -0.4 is 9.80 Å². The van der Waals surface area contributed by atoms with E-state index >= 15 is 0 Å². The summed E-state index contributed by atoms with van der Waals surface area (Å²) in [5.74, 6) is 0. The van der Waals surface area contributed by atoms with E-state index in [4.69, 9.17) is 0 Å². The van der Waals surface area contributed by atoms with Crippen molar-refractivity contribution in [3.8, 4) is 111 Å². The summed E-state index contributed by atoms with van der Waals surface area (Å²) < 4.78 is 0. The molecule has 0 radical (unpaired) electrons. The lowest BCUT2D eigenvalue weighted by molar-refractivity contribution is 1.28. The molecule has 0 amide bonds. The highest BCUT2D eigenvalue weighted by atomic mass is 15.1. The fourth-order valence-electron chi connectivity index (χ4n) is 15.3. The van der Waals surface area contributed by atoms with Crippen molar-refractivity contribution in [1.82, 2.24) is 0 Å². The predicted molar refractivity (Wildman–Crippen MR) is 469 cm³/mol. The van der Waals surface area contributed by atoms with E-state index in [-0.39, 0.29) is 0 Å². The molecule has 0 N–H and O–H groups in total. The first-order valence-electron chi connectivity index (χ1n) is 37.7. The van der Waals surface area contributed by atoms with Crippen LogP contribution in [-0.2, 0) is 0 Å². The normalized spacial score (nSPS) is 11.1. The minimum atomic E-state index is 1.09. The molecule has 0 unspecified atom stereocenters. The van der Waals surface area contributed by atoms with Gasteiger partial charge >= 0.3 is 0 Å². The zero-order valence-corrected chi connectivity index (χ0v) is 60.8. The number of benzene rings is 19. The molecule has 0 fully saturated rings. The smallest absolute Gasteiger partial charge is 0.0468 e. The number of hydrogen-bond donors (Lipinski definition) is 0. The molecule has 19 aromatic carbocycles. The Kier molecular flexibility index (Phi) is 19.0. The van der Waals surface area contributed by atoms with Crippen LogP contribution in [0.4, 0.5) is 34.1 Å². The van der Waals surface area contributed by atoms with Crippen LogP contribution in [0.2, 0.25) is 0 Å². The monoisotopic (exact) mass is 1400 g/mol. The largest absolute Gasteiger partial charge is 0.310 e. The summed E-state index contributed by atoms with van der Waals surface area (Å²) in [5.41, 5.74) is 30.5. The maximum Gasteiger partial charge on any atom is 0.0468 e. The van der Waals surface area contributed by atoms with Crippen LogP contribution in [0.1, 0.15) is 0 Å². The Morgan fingerprint density at radius 2 is 0.282 bits per heavy atom. The number of rotatable bonds is 16. The second-order valence-corrected chi connectivity index (χ2v) is 28.0. The number of hydrogen-bond acceptors (Lipinski definition) is 2. The molecule has 0 aliphatic rings. The zero-order chi connectivity index (χ0) is 73.4. The highest BCUT2D eigenvalue weighted by Gasteiger charge is 2.21. The van der Waals surface area contributed by atoms with Gasteiger partial charge in [-0.25, -0.2) is 0 Å². The summed E-state index contributed by atoms with van der Waals surface area (Å²) in [4.78, 5) is 4.75. The molecule has 0 aliphatic carbocycles. The molecule has 0 aromatic heterocycles. The quantitative estimate of drug-likeness (QED) is 0.0951. The van der Waals surface area contributed by atoms with Gasteiger partial charge < -0.3 is 9.80 Å². The van der Waals surface area contributed by atoms with Crippen molar-refractivity contribution in [3.63, 3.8) is 0 Å². The SMILES string of the molecule is c1ccc(-c2ccc(-c3cc(N(c4ccc(-c5ccccc5)cc4)c4ccc(-c5ccc6ccccc6c5)cc4)ccc3-c3ccccc3)cc2)cc1.c1ccc(-c2ccc(N(c3ccc(-c4ccc5ccccc5c4)cc3)c3ccc(-c4ccccc4)c(-c4ccc(-c5ccc6ccccc6c5)cc4)c3)cc2)cc1. The van der Waals surface area contributed by atoms with Gasteiger partial charge in [0.1, 0.15) is 0 Å². The summed E-state index contributed by atoms with van der Waals surface area (Å²) in [6.07, 6.45) is 0. The van der Waals surface area contributed by atoms with Gasteiger partial charge in [-0.05, 0) is 235 Å². The van der Waals surface area contributed by atoms with Crippen molar-refractivity contribution < 1.29 is 0 Å². The molecule has 518 valence electrons. The molecular formula is C108H76N2. The van der Waals surface area contributed by atoms with E-state index in [9.17, 15) is 0 Å². The van der Waals surface area contributed by atoms with Crippen LogP contribution >= 0.6 is 0 Å². The number of fused-ring (bicyclic) bond motifs is 3. The molecular weight excluding hydrogens is 1330 g/mol. The van der Waals surface area contributed by atoms with Crippen molar-refractivity contribution in [1.29, 1.82) is 0 Å². The molecule has 2 heteroatoms. The fraction of sp³-hybridized carbons (Fsp3) is 0.